The quantitative estimate of drug-likeness (QED) is 0.845. The first-order valence-corrected chi connectivity index (χ1v) is 5.47. The number of amides is 1. The number of rotatable bonds is 4. The summed E-state index contributed by atoms with van der Waals surface area (Å²) < 4.78 is 0. The summed E-state index contributed by atoms with van der Waals surface area (Å²) in [4.78, 5) is 23.6. The maximum absolute atomic E-state index is 11.4. The molecule has 0 aromatic carbocycles. The first kappa shape index (κ1) is 13.2. The molecule has 0 fully saturated rings. The summed E-state index contributed by atoms with van der Waals surface area (Å²) in [5.41, 5.74) is 0.632. The number of nitrogens with one attached hydrogen (secondary N) is 1. The van der Waals surface area contributed by atoms with Crippen molar-refractivity contribution in [3.63, 3.8) is 0 Å². The lowest BCUT2D eigenvalue weighted by atomic mass is 10.4. The maximum atomic E-state index is 11.4. The minimum absolute atomic E-state index is 0.0469. The van der Waals surface area contributed by atoms with Gasteiger partial charge in [0.2, 0.25) is 11.9 Å². The van der Waals surface area contributed by atoms with E-state index < -0.39 is 0 Å². The van der Waals surface area contributed by atoms with Gasteiger partial charge in [-0.1, -0.05) is 6.92 Å². The number of carbonyl (C=O) groups is 1. The van der Waals surface area contributed by atoms with Gasteiger partial charge >= 0.3 is 0 Å². The van der Waals surface area contributed by atoms with E-state index in [-0.39, 0.29) is 5.91 Å². The predicted octanol–water partition coefficient (Wildman–Crippen LogP) is 0.957. The van der Waals surface area contributed by atoms with Gasteiger partial charge in [-0.2, -0.15) is 4.98 Å². The zero-order valence-corrected chi connectivity index (χ0v) is 11.0. The Bertz CT molecular complexity index is 403. The summed E-state index contributed by atoms with van der Waals surface area (Å²) in [5.74, 6) is 1.27. The molecule has 0 saturated heterocycles. The molecule has 0 atom stereocenters. The number of hydrogen-bond acceptors (Lipinski definition) is 5. The third kappa shape index (κ3) is 3.30. The van der Waals surface area contributed by atoms with Crippen LogP contribution in [0.3, 0.4) is 0 Å². The average molecular weight is 237 g/mol. The van der Waals surface area contributed by atoms with Gasteiger partial charge in [-0.15, -0.1) is 0 Å². The second kappa shape index (κ2) is 5.47. The highest BCUT2D eigenvalue weighted by Crippen LogP contribution is 2.22. The third-order valence-corrected chi connectivity index (χ3v) is 2.17. The molecule has 0 bridgehead atoms. The second-order valence-electron chi connectivity index (χ2n) is 4.10. The molecule has 1 heterocycles. The van der Waals surface area contributed by atoms with E-state index in [1.165, 1.54) is 0 Å². The van der Waals surface area contributed by atoms with Crippen LogP contribution in [-0.2, 0) is 4.79 Å². The van der Waals surface area contributed by atoms with Crippen molar-refractivity contribution in [2.75, 3.05) is 43.3 Å². The molecule has 0 unspecified atom stereocenters. The van der Waals surface area contributed by atoms with Gasteiger partial charge in [0.05, 0.1) is 6.20 Å². The zero-order valence-electron chi connectivity index (χ0n) is 11.0. The smallest absolute Gasteiger partial charge is 0.226 e. The van der Waals surface area contributed by atoms with Gasteiger partial charge in [0, 0.05) is 34.6 Å². The normalized spacial score (nSPS) is 9.94. The Morgan fingerprint density at radius 1 is 1.29 bits per heavy atom. The number of hydrogen-bond donors (Lipinski definition) is 1. The van der Waals surface area contributed by atoms with Crippen LogP contribution < -0.4 is 15.1 Å². The molecule has 1 amide bonds. The Balaban J connectivity index is 3.08. The minimum Gasteiger partial charge on any atom is -0.361 e. The number of nitrogens with zero attached hydrogens (tertiary/aromatic N) is 4. The van der Waals surface area contributed by atoms with Gasteiger partial charge in [-0.05, 0) is 0 Å². The first-order valence-electron chi connectivity index (χ1n) is 5.47. The van der Waals surface area contributed by atoms with Crippen LogP contribution >= 0.6 is 0 Å². The molecule has 0 aliphatic carbocycles. The van der Waals surface area contributed by atoms with Gasteiger partial charge in [-0.25, -0.2) is 4.98 Å². The van der Waals surface area contributed by atoms with Gasteiger partial charge in [0.1, 0.15) is 5.69 Å². The SMILES string of the molecule is CCC(=O)Nc1cnc(N(C)C)nc1N(C)C. The Labute approximate surface area is 102 Å². The van der Waals surface area contributed by atoms with E-state index in [0.29, 0.717) is 23.9 Å². The molecule has 0 spiro atoms. The molecular weight excluding hydrogens is 218 g/mol. The molecule has 1 aromatic rings. The van der Waals surface area contributed by atoms with Crippen LogP contribution in [0.2, 0.25) is 0 Å². The van der Waals surface area contributed by atoms with Gasteiger partial charge in [0.25, 0.3) is 0 Å². The maximum Gasteiger partial charge on any atom is 0.226 e. The molecular formula is C11H19N5O. The monoisotopic (exact) mass is 237 g/mol. The summed E-state index contributed by atoms with van der Waals surface area (Å²) in [6.45, 7) is 1.81. The van der Waals surface area contributed by atoms with Crippen molar-refractivity contribution in [2.45, 2.75) is 13.3 Å². The molecule has 94 valence electrons. The molecule has 0 saturated carbocycles. The Kier molecular flexibility index (Phi) is 4.25. The molecule has 1 aromatic heterocycles. The van der Waals surface area contributed by atoms with E-state index in [0.717, 1.165) is 0 Å². The third-order valence-electron chi connectivity index (χ3n) is 2.17. The highest BCUT2D eigenvalue weighted by Gasteiger charge is 2.11. The highest BCUT2D eigenvalue weighted by molar-refractivity contribution is 5.93. The van der Waals surface area contributed by atoms with E-state index in [2.05, 4.69) is 15.3 Å². The van der Waals surface area contributed by atoms with Crippen LogP contribution in [0.25, 0.3) is 0 Å². The summed E-state index contributed by atoms with van der Waals surface area (Å²) in [7, 11) is 7.50. The van der Waals surface area contributed by atoms with Crippen molar-refractivity contribution in [3.05, 3.63) is 6.20 Å². The van der Waals surface area contributed by atoms with E-state index >= 15 is 0 Å². The van der Waals surface area contributed by atoms with Crippen LogP contribution in [0.4, 0.5) is 17.5 Å². The lowest BCUT2D eigenvalue weighted by Gasteiger charge is -2.19. The van der Waals surface area contributed by atoms with Gasteiger partial charge < -0.3 is 15.1 Å². The van der Waals surface area contributed by atoms with E-state index in [1.54, 1.807) is 13.1 Å². The molecule has 1 N–H and O–H groups in total. The average Bonchev–Trinajstić information content (AvgIpc) is 2.28. The summed E-state index contributed by atoms with van der Waals surface area (Å²) >= 11 is 0. The molecule has 0 aliphatic heterocycles. The van der Waals surface area contributed by atoms with Crippen LogP contribution in [0, 0.1) is 0 Å². The van der Waals surface area contributed by atoms with Crippen molar-refractivity contribution in [1.29, 1.82) is 0 Å². The van der Waals surface area contributed by atoms with Crippen LogP contribution in [0.5, 0.6) is 0 Å². The Hall–Kier alpha value is -1.85. The lowest BCUT2D eigenvalue weighted by molar-refractivity contribution is -0.115. The van der Waals surface area contributed by atoms with Crippen molar-refractivity contribution in [3.8, 4) is 0 Å². The molecule has 6 nitrogen and oxygen atoms in total. The molecule has 0 radical (unpaired) electrons. The first-order chi connectivity index (χ1) is 7.95. The van der Waals surface area contributed by atoms with Crippen molar-refractivity contribution in [1.82, 2.24) is 9.97 Å². The fraction of sp³-hybridized carbons (Fsp3) is 0.545. The number of carbonyl (C=O) groups excluding carboxylic acids is 1. The second-order valence-corrected chi connectivity index (χ2v) is 4.10. The molecule has 17 heavy (non-hydrogen) atoms. The zero-order chi connectivity index (χ0) is 13.0. The van der Waals surface area contributed by atoms with Crippen molar-refractivity contribution in [2.24, 2.45) is 0 Å². The van der Waals surface area contributed by atoms with Crippen LogP contribution in [-0.4, -0.2) is 44.1 Å². The Morgan fingerprint density at radius 3 is 2.41 bits per heavy atom. The van der Waals surface area contributed by atoms with E-state index in [9.17, 15) is 4.79 Å². The number of anilines is 3. The van der Waals surface area contributed by atoms with E-state index in [1.807, 2.05) is 38.0 Å². The van der Waals surface area contributed by atoms with Crippen molar-refractivity contribution < 1.29 is 4.79 Å². The highest BCUT2D eigenvalue weighted by atomic mass is 16.1. The Morgan fingerprint density at radius 2 is 1.94 bits per heavy atom. The molecule has 6 heteroatoms. The fourth-order valence-electron chi connectivity index (χ4n) is 1.25. The fourth-order valence-corrected chi connectivity index (χ4v) is 1.25. The largest absolute Gasteiger partial charge is 0.361 e. The lowest BCUT2D eigenvalue weighted by Crippen LogP contribution is -2.20. The van der Waals surface area contributed by atoms with Crippen molar-refractivity contribution >= 4 is 23.4 Å². The van der Waals surface area contributed by atoms with E-state index in [4.69, 9.17) is 0 Å². The van der Waals surface area contributed by atoms with Gasteiger partial charge in [0.15, 0.2) is 5.82 Å². The summed E-state index contributed by atoms with van der Waals surface area (Å²) in [6.07, 6.45) is 2.06. The van der Waals surface area contributed by atoms with Gasteiger partial charge in [-0.3, -0.25) is 4.79 Å². The summed E-state index contributed by atoms with van der Waals surface area (Å²) in [5, 5.41) is 2.78. The predicted molar refractivity (Wildman–Crippen MR) is 69.6 cm³/mol. The topological polar surface area (TPSA) is 61.4 Å². The molecule has 0 aliphatic rings. The van der Waals surface area contributed by atoms with Crippen LogP contribution in [0.1, 0.15) is 13.3 Å². The minimum atomic E-state index is -0.0469. The molecule has 1 rings (SSSR count). The standard InChI is InChI=1S/C11H19N5O/c1-6-9(17)13-8-7-12-11(16(4)5)14-10(8)15(2)3/h7H,6H2,1-5H3,(H,13,17). The number of aromatic nitrogens is 2. The summed E-state index contributed by atoms with van der Waals surface area (Å²) in [6, 6.07) is 0. The van der Waals surface area contributed by atoms with Crippen LogP contribution in [0.15, 0.2) is 6.20 Å².